The molecule has 0 aliphatic carbocycles. The highest BCUT2D eigenvalue weighted by atomic mass is 35.5. The molecule has 1 amide bonds. The molecule has 0 aliphatic rings. The number of furan rings is 1. The van der Waals surface area contributed by atoms with Gasteiger partial charge in [0.25, 0.3) is 5.91 Å². The van der Waals surface area contributed by atoms with E-state index < -0.39 is 15.9 Å². The average molecular weight is 463 g/mol. The van der Waals surface area contributed by atoms with E-state index in [-0.39, 0.29) is 28.8 Å². The van der Waals surface area contributed by atoms with Crippen LogP contribution in [-0.4, -0.2) is 27.5 Å². The quantitative estimate of drug-likeness (QED) is 0.504. The highest BCUT2D eigenvalue weighted by molar-refractivity contribution is 7.89. The monoisotopic (exact) mass is 462 g/mol. The minimum atomic E-state index is -3.94. The van der Waals surface area contributed by atoms with Crippen LogP contribution in [0, 0.1) is 0 Å². The molecule has 1 aromatic heterocycles. The maximum absolute atomic E-state index is 12.9. The second kappa shape index (κ2) is 10.00. The topological polar surface area (TPSA) is 97.6 Å². The molecule has 0 bridgehead atoms. The first kappa shape index (κ1) is 22.9. The Morgan fingerprint density at radius 2 is 1.90 bits per heavy atom. The molecule has 3 aromatic rings. The number of carbonyl (C=O) groups excluding carboxylic acids is 1. The zero-order valence-electron chi connectivity index (χ0n) is 17.1. The maximum Gasteiger partial charge on any atom is 0.251 e. The average Bonchev–Trinajstić information content (AvgIpc) is 3.25. The van der Waals surface area contributed by atoms with Crippen LogP contribution in [0.15, 0.2) is 70.2 Å². The molecule has 7 nitrogen and oxygen atoms in total. The Morgan fingerprint density at radius 1 is 1.16 bits per heavy atom. The van der Waals surface area contributed by atoms with Crippen LogP contribution in [0.2, 0.25) is 5.02 Å². The molecule has 0 spiro atoms. The summed E-state index contributed by atoms with van der Waals surface area (Å²) in [7, 11) is -2.57. The van der Waals surface area contributed by atoms with Gasteiger partial charge in [0.1, 0.15) is 16.4 Å². The number of sulfonamides is 1. The SMILES string of the molecule is COc1ccc(C(=O)NC(C)Cc2ccco2)cc1S(=O)(=O)NCc1ccc(Cl)cc1. The number of nitrogens with one attached hydrogen (secondary N) is 2. The van der Waals surface area contributed by atoms with Crippen LogP contribution >= 0.6 is 11.6 Å². The largest absolute Gasteiger partial charge is 0.495 e. The van der Waals surface area contributed by atoms with E-state index in [1.54, 1.807) is 36.6 Å². The fraction of sp³-hybridized carbons (Fsp3) is 0.227. The predicted molar refractivity (Wildman–Crippen MR) is 118 cm³/mol. The summed E-state index contributed by atoms with van der Waals surface area (Å²) in [6, 6.07) is 14.5. The summed E-state index contributed by atoms with van der Waals surface area (Å²) in [5, 5.41) is 3.41. The van der Waals surface area contributed by atoms with E-state index in [4.69, 9.17) is 20.8 Å². The summed E-state index contributed by atoms with van der Waals surface area (Å²) < 4.78 is 38.8. The second-order valence-electron chi connectivity index (χ2n) is 6.97. The van der Waals surface area contributed by atoms with E-state index in [1.807, 2.05) is 13.0 Å². The Labute approximate surface area is 186 Å². The van der Waals surface area contributed by atoms with Gasteiger partial charge in [-0.15, -0.1) is 0 Å². The molecule has 0 radical (unpaired) electrons. The third-order valence-corrected chi connectivity index (χ3v) is 6.23. The molecular formula is C22H23ClN2O5S. The van der Waals surface area contributed by atoms with Crippen molar-refractivity contribution in [2.45, 2.75) is 30.8 Å². The van der Waals surface area contributed by atoms with Crippen LogP contribution in [0.25, 0.3) is 0 Å². The van der Waals surface area contributed by atoms with Crippen LogP contribution in [0.3, 0.4) is 0 Å². The zero-order chi connectivity index (χ0) is 22.4. The van der Waals surface area contributed by atoms with Crippen LogP contribution in [-0.2, 0) is 23.0 Å². The van der Waals surface area contributed by atoms with Crippen LogP contribution in [0.4, 0.5) is 0 Å². The number of rotatable bonds is 9. The Hall–Kier alpha value is -2.81. The highest BCUT2D eigenvalue weighted by Crippen LogP contribution is 2.25. The van der Waals surface area contributed by atoms with Gasteiger partial charge < -0.3 is 14.5 Å². The van der Waals surface area contributed by atoms with Gasteiger partial charge in [0.05, 0.1) is 13.4 Å². The van der Waals surface area contributed by atoms with Crippen molar-refractivity contribution in [1.29, 1.82) is 0 Å². The van der Waals surface area contributed by atoms with Crippen molar-refractivity contribution < 1.29 is 22.4 Å². The first-order valence-electron chi connectivity index (χ1n) is 9.54. The molecule has 2 N–H and O–H groups in total. The summed E-state index contributed by atoms with van der Waals surface area (Å²) in [6.45, 7) is 1.91. The van der Waals surface area contributed by atoms with Crippen LogP contribution < -0.4 is 14.8 Å². The van der Waals surface area contributed by atoms with Gasteiger partial charge in [-0.2, -0.15) is 0 Å². The first-order valence-corrected chi connectivity index (χ1v) is 11.4. The van der Waals surface area contributed by atoms with Crippen molar-refractivity contribution in [3.05, 3.63) is 82.8 Å². The molecule has 31 heavy (non-hydrogen) atoms. The molecule has 164 valence electrons. The van der Waals surface area contributed by atoms with Gasteiger partial charge in [-0.05, 0) is 55.0 Å². The lowest BCUT2D eigenvalue weighted by molar-refractivity contribution is 0.0939. The van der Waals surface area contributed by atoms with E-state index in [2.05, 4.69) is 10.0 Å². The van der Waals surface area contributed by atoms with E-state index in [0.717, 1.165) is 11.3 Å². The van der Waals surface area contributed by atoms with E-state index >= 15 is 0 Å². The number of carbonyl (C=O) groups is 1. The molecule has 2 aromatic carbocycles. The van der Waals surface area contributed by atoms with Gasteiger partial charge >= 0.3 is 0 Å². The van der Waals surface area contributed by atoms with Crippen LogP contribution in [0.1, 0.15) is 28.6 Å². The normalized spacial score (nSPS) is 12.4. The molecule has 0 saturated heterocycles. The van der Waals surface area contributed by atoms with Gasteiger partial charge in [-0.25, -0.2) is 13.1 Å². The molecule has 0 fully saturated rings. The summed E-state index contributed by atoms with van der Waals surface area (Å²) in [4.78, 5) is 12.5. The third-order valence-electron chi connectivity index (χ3n) is 4.56. The number of methoxy groups -OCH3 is 1. The fourth-order valence-electron chi connectivity index (χ4n) is 2.97. The minimum Gasteiger partial charge on any atom is -0.495 e. The van der Waals surface area contributed by atoms with E-state index in [0.29, 0.717) is 11.4 Å². The predicted octanol–water partition coefficient (Wildman–Crippen LogP) is 3.78. The fourth-order valence-corrected chi connectivity index (χ4v) is 4.31. The molecule has 1 atom stereocenters. The van der Waals surface area contributed by atoms with Crippen LogP contribution in [0.5, 0.6) is 5.75 Å². The van der Waals surface area contributed by atoms with Gasteiger partial charge in [-0.3, -0.25) is 4.79 Å². The standard InChI is InChI=1S/C22H23ClN2O5S/c1-15(12-19-4-3-11-30-19)25-22(26)17-7-10-20(29-2)21(13-17)31(27,28)24-14-16-5-8-18(23)9-6-16/h3-11,13,15,24H,12,14H2,1-2H3,(H,25,26). The molecule has 1 heterocycles. The van der Waals surface area contributed by atoms with Crippen molar-refractivity contribution in [2.24, 2.45) is 0 Å². The number of benzene rings is 2. The molecular weight excluding hydrogens is 440 g/mol. The third kappa shape index (κ3) is 6.10. The van der Waals surface area contributed by atoms with Gasteiger partial charge in [0.15, 0.2) is 0 Å². The molecule has 0 aliphatic heterocycles. The zero-order valence-corrected chi connectivity index (χ0v) is 18.7. The number of ether oxygens (including phenoxy) is 1. The van der Waals surface area contributed by atoms with Crippen molar-refractivity contribution in [2.75, 3.05) is 7.11 Å². The maximum atomic E-state index is 12.9. The molecule has 1 unspecified atom stereocenters. The first-order chi connectivity index (χ1) is 14.8. The number of halogens is 1. The number of hydrogen-bond acceptors (Lipinski definition) is 5. The lowest BCUT2D eigenvalue weighted by Gasteiger charge is -2.15. The Balaban J connectivity index is 1.75. The van der Waals surface area contributed by atoms with E-state index in [9.17, 15) is 13.2 Å². The Kier molecular flexibility index (Phi) is 7.37. The van der Waals surface area contributed by atoms with Crippen molar-refractivity contribution in [3.63, 3.8) is 0 Å². The van der Waals surface area contributed by atoms with Crippen molar-refractivity contribution in [1.82, 2.24) is 10.0 Å². The molecule has 9 heteroatoms. The Morgan fingerprint density at radius 3 is 2.55 bits per heavy atom. The number of hydrogen-bond donors (Lipinski definition) is 2. The van der Waals surface area contributed by atoms with Gasteiger partial charge in [-0.1, -0.05) is 23.7 Å². The lowest BCUT2D eigenvalue weighted by Crippen LogP contribution is -2.34. The summed E-state index contributed by atoms with van der Waals surface area (Å²) >= 11 is 5.86. The van der Waals surface area contributed by atoms with Crippen molar-refractivity contribution in [3.8, 4) is 5.75 Å². The van der Waals surface area contributed by atoms with E-state index in [1.165, 1.54) is 25.3 Å². The second-order valence-corrected chi connectivity index (χ2v) is 9.15. The summed E-state index contributed by atoms with van der Waals surface area (Å²) in [6.07, 6.45) is 2.09. The summed E-state index contributed by atoms with van der Waals surface area (Å²) in [5.74, 6) is 0.497. The molecule has 0 saturated carbocycles. The Bertz CT molecular complexity index is 1130. The van der Waals surface area contributed by atoms with Gasteiger partial charge in [0, 0.05) is 29.6 Å². The summed E-state index contributed by atoms with van der Waals surface area (Å²) in [5.41, 5.74) is 0.951. The molecule has 3 rings (SSSR count). The van der Waals surface area contributed by atoms with Gasteiger partial charge in [0.2, 0.25) is 10.0 Å². The smallest absolute Gasteiger partial charge is 0.251 e. The minimum absolute atomic E-state index is 0.0687. The highest BCUT2D eigenvalue weighted by Gasteiger charge is 2.22. The number of amides is 1. The van der Waals surface area contributed by atoms with Crippen molar-refractivity contribution >= 4 is 27.5 Å². The lowest BCUT2D eigenvalue weighted by atomic mass is 10.1.